The number of piperidine rings is 1. The van der Waals surface area contributed by atoms with Crippen molar-refractivity contribution < 1.29 is 9.53 Å². The van der Waals surface area contributed by atoms with Crippen molar-refractivity contribution in [3.05, 3.63) is 29.3 Å². The van der Waals surface area contributed by atoms with Crippen LogP contribution in [0.5, 0.6) is 5.75 Å². The van der Waals surface area contributed by atoms with Crippen molar-refractivity contribution in [3.8, 4) is 5.75 Å². The minimum absolute atomic E-state index is 0.169. The van der Waals surface area contributed by atoms with Crippen LogP contribution < -0.4 is 4.74 Å². The van der Waals surface area contributed by atoms with Crippen LogP contribution in [0.1, 0.15) is 56.6 Å². The van der Waals surface area contributed by atoms with Crippen molar-refractivity contribution in [2.75, 3.05) is 20.2 Å². The van der Waals surface area contributed by atoms with Gasteiger partial charge in [-0.05, 0) is 67.2 Å². The molecule has 2 atom stereocenters. The van der Waals surface area contributed by atoms with Crippen LogP contribution in [0.15, 0.2) is 18.2 Å². The molecule has 2 aliphatic rings. The number of benzene rings is 1. The van der Waals surface area contributed by atoms with Crippen LogP contribution in [0.25, 0.3) is 0 Å². The first-order valence-corrected chi connectivity index (χ1v) is 9.09. The molecule has 1 aromatic carbocycles. The maximum atomic E-state index is 12.3. The molecule has 1 aromatic rings. The van der Waals surface area contributed by atoms with Gasteiger partial charge in [0, 0.05) is 19.0 Å². The zero-order chi connectivity index (χ0) is 16.4. The van der Waals surface area contributed by atoms with Crippen molar-refractivity contribution in [1.29, 1.82) is 0 Å². The summed E-state index contributed by atoms with van der Waals surface area (Å²) in [6.45, 7) is 6.01. The van der Waals surface area contributed by atoms with Gasteiger partial charge in [-0.1, -0.05) is 19.9 Å². The number of methoxy groups -OCH3 is 1. The number of nitrogens with zero attached hydrogens (tertiary/aromatic N) is 1. The minimum Gasteiger partial charge on any atom is -0.497 e. The zero-order valence-corrected chi connectivity index (χ0v) is 14.7. The summed E-state index contributed by atoms with van der Waals surface area (Å²) in [4.78, 5) is 14.4. The van der Waals surface area contributed by atoms with E-state index in [-0.39, 0.29) is 5.92 Å². The fourth-order valence-corrected chi connectivity index (χ4v) is 4.24. The number of carbonyl (C=O) groups excluding carboxylic acids is 1. The standard InChI is InChI=1S/C20H29NO2/c1-4-14(2)20(22)21-11-9-16(10-12-21)18-8-6-15-5-7-17(23-3)13-19(15)18/h5,7,13-14,16,18H,4,6,8-12H2,1-3H3. The molecule has 2 unspecified atom stereocenters. The number of ether oxygens (including phenoxy) is 1. The largest absolute Gasteiger partial charge is 0.497 e. The molecule has 0 aromatic heterocycles. The SMILES string of the molecule is CCC(C)C(=O)N1CCC(C2CCc3ccc(OC)cc32)CC1. The fourth-order valence-electron chi connectivity index (χ4n) is 4.24. The molecular formula is C20H29NO2. The lowest BCUT2D eigenvalue weighted by molar-refractivity contribution is -0.136. The van der Waals surface area contributed by atoms with Crippen LogP contribution in [0.4, 0.5) is 0 Å². The molecule has 1 aliphatic heterocycles. The van der Waals surface area contributed by atoms with Crippen LogP contribution >= 0.6 is 0 Å². The van der Waals surface area contributed by atoms with Gasteiger partial charge < -0.3 is 9.64 Å². The van der Waals surface area contributed by atoms with Crippen LogP contribution in [-0.4, -0.2) is 31.0 Å². The molecule has 1 heterocycles. The normalized spacial score (nSPS) is 22.7. The molecule has 3 rings (SSSR count). The quantitative estimate of drug-likeness (QED) is 0.840. The van der Waals surface area contributed by atoms with Gasteiger partial charge in [0.15, 0.2) is 0 Å². The summed E-state index contributed by atoms with van der Waals surface area (Å²) in [5.41, 5.74) is 2.99. The predicted molar refractivity (Wildman–Crippen MR) is 92.8 cm³/mol. The molecule has 1 aliphatic carbocycles. The van der Waals surface area contributed by atoms with E-state index < -0.39 is 0 Å². The van der Waals surface area contributed by atoms with Gasteiger partial charge in [0.2, 0.25) is 5.91 Å². The van der Waals surface area contributed by atoms with Crippen LogP contribution in [-0.2, 0) is 11.2 Å². The minimum atomic E-state index is 0.169. The lowest BCUT2D eigenvalue weighted by Crippen LogP contribution is -2.41. The Morgan fingerprint density at radius 2 is 2.04 bits per heavy atom. The molecule has 3 nitrogen and oxygen atoms in total. The molecule has 1 fully saturated rings. The zero-order valence-electron chi connectivity index (χ0n) is 14.7. The monoisotopic (exact) mass is 315 g/mol. The average Bonchev–Trinajstić information content (AvgIpc) is 3.03. The van der Waals surface area contributed by atoms with Gasteiger partial charge in [0.25, 0.3) is 0 Å². The van der Waals surface area contributed by atoms with E-state index >= 15 is 0 Å². The Labute approximate surface area is 140 Å². The van der Waals surface area contributed by atoms with E-state index in [0.717, 1.165) is 38.1 Å². The summed E-state index contributed by atoms with van der Waals surface area (Å²) in [7, 11) is 1.74. The van der Waals surface area contributed by atoms with Crippen LogP contribution in [0, 0.1) is 11.8 Å². The molecule has 0 saturated carbocycles. The molecule has 0 spiro atoms. The first-order chi connectivity index (χ1) is 11.1. The fraction of sp³-hybridized carbons (Fsp3) is 0.650. The number of amides is 1. The second-order valence-electron chi connectivity index (χ2n) is 7.18. The van der Waals surface area contributed by atoms with Crippen LogP contribution in [0.2, 0.25) is 0 Å². The van der Waals surface area contributed by atoms with E-state index in [2.05, 4.69) is 30.0 Å². The number of rotatable bonds is 4. The topological polar surface area (TPSA) is 29.5 Å². The van der Waals surface area contributed by atoms with E-state index in [4.69, 9.17) is 4.74 Å². The van der Waals surface area contributed by atoms with Crippen LogP contribution in [0.3, 0.4) is 0 Å². The number of hydrogen-bond donors (Lipinski definition) is 0. The molecule has 3 heteroatoms. The number of carbonyl (C=O) groups is 1. The van der Waals surface area contributed by atoms with Crippen molar-refractivity contribution in [1.82, 2.24) is 4.90 Å². The smallest absolute Gasteiger partial charge is 0.225 e. The third-order valence-electron chi connectivity index (χ3n) is 5.93. The van der Waals surface area contributed by atoms with Gasteiger partial charge in [0.1, 0.15) is 5.75 Å². The molecule has 1 amide bonds. The van der Waals surface area contributed by atoms with Gasteiger partial charge in [-0.2, -0.15) is 0 Å². The van der Waals surface area contributed by atoms with Crippen molar-refractivity contribution in [3.63, 3.8) is 0 Å². The highest BCUT2D eigenvalue weighted by Crippen LogP contribution is 2.43. The molecule has 0 N–H and O–H groups in total. The van der Waals surface area contributed by atoms with Crippen molar-refractivity contribution >= 4 is 5.91 Å². The van der Waals surface area contributed by atoms with E-state index in [1.807, 2.05) is 6.92 Å². The molecule has 0 radical (unpaired) electrons. The second kappa shape index (κ2) is 6.94. The summed E-state index contributed by atoms with van der Waals surface area (Å²) < 4.78 is 5.41. The molecule has 126 valence electrons. The highest BCUT2D eigenvalue weighted by atomic mass is 16.5. The van der Waals surface area contributed by atoms with Gasteiger partial charge in [-0.15, -0.1) is 0 Å². The molecule has 23 heavy (non-hydrogen) atoms. The highest BCUT2D eigenvalue weighted by Gasteiger charge is 2.34. The third kappa shape index (κ3) is 3.24. The molecule has 0 bridgehead atoms. The lowest BCUT2D eigenvalue weighted by Gasteiger charge is -2.36. The molecular weight excluding hydrogens is 286 g/mol. The second-order valence-corrected chi connectivity index (χ2v) is 7.18. The van der Waals surface area contributed by atoms with E-state index in [1.165, 1.54) is 24.0 Å². The highest BCUT2D eigenvalue weighted by molar-refractivity contribution is 5.78. The third-order valence-corrected chi connectivity index (χ3v) is 5.93. The van der Waals surface area contributed by atoms with E-state index in [0.29, 0.717) is 17.7 Å². The summed E-state index contributed by atoms with van der Waals surface area (Å²) in [6, 6.07) is 6.55. The number of fused-ring (bicyclic) bond motifs is 1. The van der Waals surface area contributed by atoms with E-state index in [1.54, 1.807) is 7.11 Å². The number of likely N-dealkylation sites (tertiary alicyclic amines) is 1. The Morgan fingerprint density at radius 1 is 1.30 bits per heavy atom. The average molecular weight is 315 g/mol. The summed E-state index contributed by atoms with van der Waals surface area (Å²) in [6.07, 6.45) is 5.67. The Morgan fingerprint density at radius 3 is 2.70 bits per heavy atom. The summed E-state index contributed by atoms with van der Waals surface area (Å²) in [5, 5.41) is 0. The van der Waals surface area contributed by atoms with Gasteiger partial charge in [0.05, 0.1) is 7.11 Å². The Bertz CT molecular complexity index is 561. The Balaban J connectivity index is 1.65. The summed E-state index contributed by atoms with van der Waals surface area (Å²) >= 11 is 0. The van der Waals surface area contributed by atoms with E-state index in [9.17, 15) is 4.79 Å². The maximum absolute atomic E-state index is 12.3. The van der Waals surface area contributed by atoms with Gasteiger partial charge in [-0.25, -0.2) is 0 Å². The number of hydrogen-bond acceptors (Lipinski definition) is 2. The number of aryl methyl sites for hydroxylation is 1. The first kappa shape index (κ1) is 16.4. The molecule has 1 saturated heterocycles. The first-order valence-electron chi connectivity index (χ1n) is 9.09. The maximum Gasteiger partial charge on any atom is 0.225 e. The van der Waals surface area contributed by atoms with Gasteiger partial charge in [-0.3, -0.25) is 4.79 Å². The van der Waals surface area contributed by atoms with Crippen molar-refractivity contribution in [2.24, 2.45) is 11.8 Å². The summed E-state index contributed by atoms with van der Waals surface area (Å²) in [5.74, 6) is 2.85. The Hall–Kier alpha value is -1.51. The predicted octanol–water partition coefficient (Wildman–Crippen LogP) is 4.01. The van der Waals surface area contributed by atoms with Gasteiger partial charge >= 0.3 is 0 Å². The van der Waals surface area contributed by atoms with Crippen molar-refractivity contribution in [2.45, 2.75) is 51.9 Å². The lowest BCUT2D eigenvalue weighted by atomic mass is 9.80. The Kier molecular flexibility index (Phi) is 4.93.